The molecule has 0 spiro atoms. The maximum atomic E-state index is 4.47. The second-order valence-electron chi connectivity index (χ2n) is 3.34. The van der Waals surface area contributed by atoms with Crippen molar-refractivity contribution in [1.29, 1.82) is 0 Å². The Kier molecular flexibility index (Phi) is 2.45. The molecule has 0 saturated carbocycles. The molecule has 0 bridgehead atoms. The fraction of sp³-hybridized carbons (Fsp3) is 0.100. The molecule has 0 aliphatic rings. The molecule has 0 unspecified atom stereocenters. The summed E-state index contributed by atoms with van der Waals surface area (Å²) >= 11 is 4.64. The van der Waals surface area contributed by atoms with Crippen molar-refractivity contribution in [3.05, 3.63) is 39.8 Å². The molecule has 0 amide bonds. The number of benzene rings is 1. The highest BCUT2D eigenvalue weighted by molar-refractivity contribution is 9.11. The van der Waals surface area contributed by atoms with Gasteiger partial charge < -0.3 is 4.98 Å². The van der Waals surface area contributed by atoms with Gasteiger partial charge in [0.15, 0.2) is 9.74 Å². The second-order valence-corrected chi connectivity index (χ2v) is 5.37. The Balaban J connectivity index is 1.95. The number of aromatic amines is 1. The number of para-hydroxylation sites is 2. The Labute approximate surface area is 104 Å². The highest BCUT2D eigenvalue weighted by Crippen LogP contribution is 2.15. The molecule has 16 heavy (non-hydrogen) atoms. The monoisotopic (exact) mass is 294 g/mol. The summed E-state index contributed by atoms with van der Waals surface area (Å²) < 4.78 is 5.01. The van der Waals surface area contributed by atoms with Crippen LogP contribution in [0.5, 0.6) is 0 Å². The Morgan fingerprint density at radius 2 is 2.12 bits per heavy atom. The Morgan fingerprint density at radius 1 is 1.25 bits per heavy atom. The predicted molar refractivity (Wildman–Crippen MR) is 66.5 cm³/mol. The van der Waals surface area contributed by atoms with Gasteiger partial charge in [-0.2, -0.15) is 4.37 Å². The van der Waals surface area contributed by atoms with Crippen LogP contribution in [0.15, 0.2) is 28.2 Å². The lowest BCUT2D eigenvalue weighted by Gasteiger charge is -1.88. The van der Waals surface area contributed by atoms with Gasteiger partial charge in [-0.25, -0.2) is 9.97 Å². The molecule has 0 radical (unpaired) electrons. The highest BCUT2D eigenvalue weighted by atomic mass is 79.9. The molecule has 80 valence electrons. The first kappa shape index (κ1) is 9.92. The van der Waals surface area contributed by atoms with Crippen molar-refractivity contribution in [2.45, 2.75) is 6.42 Å². The predicted octanol–water partition coefficient (Wildman–Crippen LogP) is 2.77. The smallest absolute Gasteiger partial charge is 0.179 e. The number of halogens is 1. The molecule has 0 fully saturated rings. The van der Waals surface area contributed by atoms with E-state index in [0.29, 0.717) is 6.42 Å². The third kappa shape index (κ3) is 1.85. The van der Waals surface area contributed by atoms with Crippen LogP contribution in [-0.2, 0) is 6.42 Å². The van der Waals surface area contributed by atoms with Crippen molar-refractivity contribution in [2.75, 3.05) is 0 Å². The van der Waals surface area contributed by atoms with Gasteiger partial charge in [0.1, 0.15) is 5.82 Å². The largest absolute Gasteiger partial charge is 0.342 e. The van der Waals surface area contributed by atoms with Crippen LogP contribution in [0.25, 0.3) is 11.0 Å². The summed E-state index contributed by atoms with van der Waals surface area (Å²) in [6.07, 6.45) is 0.636. The van der Waals surface area contributed by atoms with Crippen LogP contribution in [0.1, 0.15) is 11.6 Å². The van der Waals surface area contributed by atoms with Gasteiger partial charge in [0.25, 0.3) is 0 Å². The fourth-order valence-corrected chi connectivity index (χ4v) is 2.40. The van der Waals surface area contributed by atoms with Gasteiger partial charge in [-0.15, -0.1) is 0 Å². The summed E-state index contributed by atoms with van der Waals surface area (Å²) in [5.41, 5.74) is 2.03. The van der Waals surface area contributed by atoms with E-state index in [4.69, 9.17) is 0 Å². The van der Waals surface area contributed by atoms with E-state index in [1.54, 1.807) is 0 Å². The van der Waals surface area contributed by atoms with Gasteiger partial charge in [0.2, 0.25) is 0 Å². The van der Waals surface area contributed by atoms with Crippen LogP contribution in [-0.4, -0.2) is 19.3 Å². The number of hydrogen-bond acceptors (Lipinski definition) is 4. The molecule has 1 aromatic carbocycles. The third-order valence-electron chi connectivity index (χ3n) is 2.21. The number of fused-ring (bicyclic) bond motifs is 1. The van der Waals surface area contributed by atoms with Crippen LogP contribution in [0.4, 0.5) is 0 Å². The van der Waals surface area contributed by atoms with Crippen LogP contribution < -0.4 is 0 Å². The van der Waals surface area contributed by atoms with Crippen LogP contribution >= 0.6 is 27.5 Å². The van der Waals surface area contributed by atoms with Gasteiger partial charge in [0.05, 0.1) is 17.5 Å². The maximum Gasteiger partial charge on any atom is 0.179 e. The standard InChI is InChI=1S/C10H7BrN4S/c11-10-14-9(15-16-10)5-8-12-6-3-1-2-4-7(6)13-8/h1-4H,5H2,(H,12,13). The van der Waals surface area contributed by atoms with E-state index in [2.05, 4.69) is 35.3 Å². The summed E-state index contributed by atoms with van der Waals surface area (Å²) in [5.74, 6) is 1.68. The summed E-state index contributed by atoms with van der Waals surface area (Å²) in [6.45, 7) is 0. The van der Waals surface area contributed by atoms with E-state index in [1.165, 1.54) is 11.5 Å². The summed E-state index contributed by atoms with van der Waals surface area (Å²) in [4.78, 5) is 12.0. The minimum absolute atomic E-state index is 0.636. The molecule has 6 heteroatoms. The molecule has 0 aliphatic carbocycles. The molecule has 1 N–H and O–H groups in total. The fourth-order valence-electron chi connectivity index (χ4n) is 1.54. The SMILES string of the molecule is Brc1nc(Cc2nc3ccccc3[nH]2)ns1. The number of nitrogens with zero attached hydrogens (tertiary/aromatic N) is 3. The molecular weight excluding hydrogens is 288 g/mol. The van der Waals surface area contributed by atoms with Gasteiger partial charge in [-0.05, 0) is 39.6 Å². The summed E-state index contributed by atoms with van der Waals surface area (Å²) in [7, 11) is 0. The molecule has 2 aromatic heterocycles. The average molecular weight is 295 g/mol. The Hall–Kier alpha value is -1.27. The Bertz CT molecular complexity index is 597. The lowest BCUT2D eigenvalue weighted by atomic mass is 10.3. The number of rotatable bonds is 2. The summed E-state index contributed by atoms with van der Waals surface area (Å²) in [6, 6.07) is 7.96. The highest BCUT2D eigenvalue weighted by Gasteiger charge is 2.06. The summed E-state index contributed by atoms with van der Waals surface area (Å²) in [5, 5.41) is 0. The Morgan fingerprint density at radius 3 is 2.88 bits per heavy atom. The number of H-pyrrole nitrogens is 1. The number of hydrogen-bond donors (Lipinski definition) is 1. The van der Waals surface area contributed by atoms with Gasteiger partial charge in [-0.3, -0.25) is 0 Å². The zero-order valence-electron chi connectivity index (χ0n) is 8.14. The minimum atomic E-state index is 0.636. The van der Waals surface area contributed by atoms with Crippen molar-refractivity contribution in [3.63, 3.8) is 0 Å². The van der Waals surface area contributed by atoms with Crippen molar-refractivity contribution in [1.82, 2.24) is 19.3 Å². The topological polar surface area (TPSA) is 54.5 Å². The molecule has 3 aromatic rings. The van der Waals surface area contributed by atoms with E-state index in [1.807, 2.05) is 24.3 Å². The quantitative estimate of drug-likeness (QED) is 0.791. The van der Waals surface area contributed by atoms with E-state index < -0.39 is 0 Å². The van der Waals surface area contributed by atoms with E-state index in [0.717, 1.165) is 26.6 Å². The van der Waals surface area contributed by atoms with Crippen LogP contribution in [0, 0.1) is 0 Å². The van der Waals surface area contributed by atoms with Crippen molar-refractivity contribution >= 4 is 38.5 Å². The minimum Gasteiger partial charge on any atom is -0.342 e. The first-order chi connectivity index (χ1) is 7.81. The molecular formula is C10H7BrN4S. The van der Waals surface area contributed by atoms with E-state index in [-0.39, 0.29) is 0 Å². The lowest BCUT2D eigenvalue weighted by Crippen LogP contribution is -1.92. The van der Waals surface area contributed by atoms with Gasteiger partial charge in [0, 0.05) is 0 Å². The number of aromatic nitrogens is 4. The number of nitrogens with one attached hydrogen (secondary N) is 1. The molecule has 0 saturated heterocycles. The number of imidazole rings is 1. The molecule has 3 rings (SSSR count). The lowest BCUT2D eigenvalue weighted by molar-refractivity contribution is 0.956. The van der Waals surface area contributed by atoms with E-state index >= 15 is 0 Å². The molecule has 0 atom stereocenters. The molecule has 0 aliphatic heterocycles. The second kappa shape index (κ2) is 3.95. The maximum absolute atomic E-state index is 4.47. The first-order valence-corrected chi connectivity index (χ1v) is 6.29. The molecule has 2 heterocycles. The van der Waals surface area contributed by atoms with Gasteiger partial charge in [-0.1, -0.05) is 12.1 Å². The molecule has 4 nitrogen and oxygen atoms in total. The zero-order chi connectivity index (χ0) is 11.0. The van der Waals surface area contributed by atoms with Crippen LogP contribution in [0.3, 0.4) is 0 Å². The third-order valence-corrected chi connectivity index (χ3v) is 3.36. The van der Waals surface area contributed by atoms with Gasteiger partial charge >= 0.3 is 0 Å². The normalized spacial score (nSPS) is 11.1. The van der Waals surface area contributed by atoms with Crippen molar-refractivity contribution in [2.24, 2.45) is 0 Å². The average Bonchev–Trinajstić information content (AvgIpc) is 2.84. The van der Waals surface area contributed by atoms with Crippen LogP contribution in [0.2, 0.25) is 0 Å². The first-order valence-electron chi connectivity index (χ1n) is 4.73. The van der Waals surface area contributed by atoms with E-state index in [9.17, 15) is 0 Å². The van der Waals surface area contributed by atoms with Crippen molar-refractivity contribution in [3.8, 4) is 0 Å². The zero-order valence-corrected chi connectivity index (χ0v) is 10.5. The van der Waals surface area contributed by atoms with Crippen molar-refractivity contribution < 1.29 is 0 Å².